The van der Waals surface area contributed by atoms with Crippen LogP contribution in [0.15, 0.2) is 29.2 Å². The van der Waals surface area contributed by atoms with E-state index in [0.717, 1.165) is 13.1 Å². The molecule has 116 valence electrons. The van der Waals surface area contributed by atoms with Gasteiger partial charge in [0.1, 0.15) is 6.61 Å². The lowest BCUT2D eigenvalue weighted by molar-refractivity contribution is -0.130. The van der Waals surface area contributed by atoms with Gasteiger partial charge in [-0.3, -0.25) is 4.79 Å². The quantitative estimate of drug-likeness (QED) is 0.682. The van der Waals surface area contributed by atoms with Crippen molar-refractivity contribution < 1.29 is 17.9 Å². The van der Waals surface area contributed by atoms with Crippen LogP contribution in [-0.2, 0) is 19.6 Å². The number of amides is 1. The van der Waals surface area contributed by atoms with Gasteiger partial charge in [0.25, 0.3) is 0 Å². The van der Waals surface area contributed by atoms with Gasteiger partial charge in [0.05, 0.1) is 10.5 Å². The number of ether oxygens (including phenoxy) is 1. The number of nitrogens with one attached hydrogen (secondary N) is 3. The summed E-state index contributed by atoms with van der Waals surface area (Å²) in [5, 5.41) is 5.70. The molecule has 1 fully saturated rings. The van der Waals surface area contributed by atoms with Gasteiger partial charge in [-0.1, -0.05) is 6.07 Å². The van der Waals surface area contributed by atoms with Gasteiger partial charge in [-0.2, -0.15) is 0 Å². The van der Waals surface area contributed by atoms with Gasteiger partial charge in [0, 0.05) is 18.8 Å². The SMILES string of the molecule is CNS(=O)(=O)c1cccc(NC(=O)COC2(C)CNC2)c1. The topological polar surface area (TPSA) is 96.5 Å². The summed E-state index contributed by atoms with van der Waals surface area (Å²) in [4.78, 5) is 11.9. The van der Waals surface area contributed by atoms with Gasteiger partial charge >= 0.3 is 0 Å². The zero-order chi connectivity index (χ0) is 15.5. The molecule has 2 rings (SSSR count). The second kappa shape index (κ2) is 6.10. The highest BCUT2D eigenvalue weighted by Gasteiger charge is 2.33. The van der Waals surface area contributed by atoms with E-state index < -0.39 is 10.0 Å². The van der Waals surface area contributed by atoms with E-state index in [9.17, 15) is 13.2 Å². The average molecular weight is 313 g/mol. The van der Waals surface area contributed by atoms with Crippen molar-refractivity contribution in [3.05, 3.63) is 24.3 Å². The van der Waals surface area contributed by atoms with Crippen LogP contribution in [0.3, 0.4) is 0 Å². The second-order valence-electron chi connectivity index (χ2n) is 5.13. The monoisotopic (exact) mass is 313 g/mol. The summed E-state index contributed by atoms with van der Waals surface area (Å²) in [5.74, 6) is -0.317. The summed E-state index contributed by atoms with van der Waals surface area (Å²) in [5.41, 5.74) is 0.117. The van der Waals surface area contributed by atoms with Crippen LogP contribution in [-0.4, -0.2) is 46.7 Å². The minimum Gasteiger partial charge on any atom is -0.363 e. The first-order chi connectivity index (χ1) is 9.85. The first kappa shape index (κ1) is 15.9. The summed E-state index contributed by atoms with van der Waals surface area (Å²) in [7, 11) is -2.19. The lowest BCUT2D eigenvalue weighted by Gasteiger charge is -2.38. The molecular formula is C13H19N3O4S. The maximum absolute atomic E-state index is 11.8. The number of rotatable bonds is 6. The van der Waals surface area contributed by atoms with E-state index in [2.05, 4.69) is 15.4 Å². The van der Waals surface area contributed by atoms with Crippen molar-refractivity contribution in [2.45, 2.75) is 17.4 Å². The van der Waals surface area contributed by atoms with E-state index in [0.29, 0.717) is 5.69 Å². The van der Waals surface area contributed by atoms with Gasteiger partial charge in [-0.25, -0.2) is 13.1 Å². The molecule has 0 bridgehead atoms. The highest BCUT2D eigenvalue weighted by atomic mass is 32.2. The molecule has 0 aliphatic carbocycles. The van der Waals surface area contributed by atoms with Crippen LogP contribution in [0.2, 0.25) is 0 Å². The molecule has 3 N–H and O–H groups in total. The van der Waals surface area contributed by atoms with Crippen LogP contribution in [0, 0.1) is 0 Å². The second-order valence-corrected chi connectivity index (χ2v) is 7.01. The molecule has 21 heavy (non-hydrogen) atoms. The molecule has 1 heterocycles. The molecule has 8 heteroatoms. The Morgan fingerprint density at radius 2 is 2.14 bits per heavy atom. The minimum atomic E-state index is -3.53. The van der Waals surface area contributed by atoms with Gasteiger partial charge in [0.2, 0.25) is 15.9 Å². The molecule has 1 amide bonds. The van der Waals surface area contributed by atoms with Crippen molar-refractivity contribution in [1.29, 1.82) is 0 Å². The summed E-state index contributed by atoms with van der Waals surface area (Å²) in [6.07, 6.45) is 0. The first-order valence-electron chi connectivity index (χ1n) is 6.53. The van der Waals surface area contributed by atoms with Crippen LogP contribution in [0.5, 0.6) is 0 Å². The molecule has 0 unspecified atom stereocenters. The molecule has 7 nitrogen and oxygen atoms in total. The van der Waals surface area contributed by atoms with Crippen LogP contribution in [0.1, 0.15) is 6.92 Å². The number of carbonyl (C=O) groups excluding carboxylic acids is 1. The van der Waals surface area contributed by atoms with Gasteiger partial charge in [-0.15, -0.1) is 0 Å². The van der Waals surface area contributed by atoms with Crippen molar-refractivity contribution in [2.24, 2.45) is 0 Å². The zero-order valence-corrected chi connectivity index (χ0v) is 12.8. The maximum Gasteiger partial charge on any atom is 0.250 e. The van der Waals surface area contributed by atoms with E-state index in [-0.39, 0.29) is 23.0 Å². The smallest absolute Gasteiger partial charge is 0.250 e. The van der Waals surface area contributed by atoms with Crippen molar-refractivity contribution in [2.75, 3.05) is 32.1 Å². The summed E-state index contributed by atoms with van der Waals surface area (Å²) < 4.78 is 31.1. The van der Waals surface area contributed by atoms with E-state index in [1.54, 1.807) is 12.1 Å². The number of hydrogen-bond acceptors (Lipinski definition) is 5. The number of anilines is 1. The van der Waals surface area contributed by atoms with Crippen molar-refractivity contribution in [3.63, 3.8) is 0 Å². The van der Waals surface area contributed by atoms with Gasteiger partial charge < -0.3 is 15.4 Å². The van der Waals surface area contributed by atoms with Gasteiger partial charge in [0.15, 0.2) is 0 Å². The predicted octanol–water partition coefficient (Wildman–Crippen LogP) is -0.0883. The molecule has 1 saturated heterocycles. The van der Waals surface area contributed by atoms with Crippen molar-refractivity contribution >= 4 is 21.6 Å². The van der Waals surface area contributed by atoms with Gasteiger partial charge in [-0.05, 0) is 32.2 Å². The molecule has 0 spiro atoms. The molecule has 1 aromatic carbocycles. The average Bonchev–Trinajstić information content (AvgIpc) is 2.43. The summed E-state index contributed by atoms with van der Waals surface area (Å²) >= 11 is 0. The zero-order valence-electron chi connectivity index (χ0n) is 12.0. The summed E-state index contributed by atoms with van der Waals surface area (Å²) in [6, 6.07) is 6.05. The lowest BCUT2D eigenvalue weighted by atomic mass is 10.0. The number of sulfonamides is 1. The Hall–Kier alpha value is -1.48. The highest BCUT2D eigenvalue weighted by molar-refractivity contribution is 7.89. The molecule has 1 aromatic rings. The minimum absolute atomic E-state index is 0.0683. The fourth-order valence-corrected chi connectivity index (χ4v) is 2.65. The van der Waals surface area contributed by atoms with E-state index in [4.69, 9.17) is 4.74 Å². The van der Waals surface area contributed by atoms with Crippen LogP contribution in [0.25, 0.3) is 0 Å². The van der Waals surface area contributed by atoms with Crippen LogP contribution in [0.4, 0.5) is 5.69 Å². The molecule has 1 aliphatic rings. The Bertz CT molecular complexity index is 626. The largest absolute Gasteiger partial charge is 0.363 e. The van der Waals surface area contributed by atoms with E-state index >= 15 is 0 Å². The Balaban J connectivity index is 1.96. The Morgan fingerprint density at radius 1 is 1.43 bits per heavy atom. The molecule has 0 aromatic heterocycles. The first-order valence-corrected chi connectivity index (χ1v) is 8.01. The molecular weight excluding hydrogens is 294 g/mol. The number of benzene rings is 1. The normalized spacial score (nSPS) is 17.0. The maximum atomic E-state index is 11.8. The van der Waals surface area contributed by atoms with E-state index in [1.165, 1.54) is 19.2 Å². The van der Waals surface area contributed by atoms with Crippen molar-refractivity contribution in [3.8, 4) is 0 Å². The number of carbonyl (C=O) groups is 1. The predicted molar refractivity (Wildman–Crippen MR) is 78.5 cm³/mol. The Morgan fingerprint density at radius 3 is 2.71 bits per heavy atom. The third kappa shape index (κ3) is 4.01. The fraction of sp³-hybridized carbons (Fsp3) is 0.462. The fourth-order valence-electron chi connectivity index (χ4n) is 1.87. The lowest BCUT2D eigenvalue weighted by Crippen LogP contribution is -2.59. The third-order valence-electron chi connectivity index (χ3n) is 3.25. The van der Waals surface area contributed by atoms with Crippen LogP contribution >= 0.6 is 0 Å². The van der Waals surface area contributed by atoms with Crippen molar-refractivity contribution in [1.82, 2.24) is 10.0 Å². The Kier molecular flexibility index (Phi) is 4.62. The standard InChI is InChI=1S/C13H19N3O4S/c1-13(8-15-9-13)20-7-12(17)16-10-4-3-5-11(6-10)21(18,19)14-2/h3-6,14-15H,7-9H2,1-2H3,(H,16,17). The Labute approximate surface area is 124 Å². The molecule has 1 aliphatic heterocycles. The summed E-state index contributed by atoms with van der Waals surface area (Å²) in [6.45, 7) is 3.30. The third-order valence-corrected chi connectivity index (χ3v) is 4.66. The molecule has 0 radical (unpaired) electrons. The number of hydrogen-bond donors (Lipinski definition) is 3. The van der Waals surface area contributed by atoms with E-state index in [1.807, 2.05) is 6.92 Å². The van der Waals surface area contributed by atoms with Crippen LogP contribution < -0.4 is 15.4 Å². The molecule has 0 atom stereocenters. The molecule has 0 saturated carbocycles. The highest BCUT2D eigenvalue weighted by Crippen LogP contribution is 2.17.